The molecule has 0 radical (unpaired) electrons. The Bertz CT molecular complexity index is 482. The fourth-order valence-corrected chi connectivity index (χ4v) is 4.59. The van der Waals surface area contributed by atoms with Gasteiger partial charge >= 0.3 is 0 Å². The van der Waals surface area contributed by atoms with Gasteiger partial charge in [-0.25, -0.2) is 8.42 Å². The van der Waals surface area contributed by atoms with Gasteiger partial charge in [0.1, 0.15) is 0 Å². The normalized spacial score (nSPS) is 21.6. The Balaban J connectivity index is 2.16. The van der Waals surface area contributed by atoms with Crippen LogP contribution >= 0.6 is 0 Å². The lowest BCUT2D eigenvalue weighted by Gasteiger charge is -2.26. The summed E-state index contributed by atoms with van der Waals surface area (Å²) in [5, 5.41) is 0. The average molecular weight is 267 g/mol. The van der Waals surface area contributed by atoms with Gasteiger partial charge in [-0.05, 0) is 24.3 Å². The number of rotatable bonds is 4. The molecule has 0 aromatic heterocycles. The van der Waals surface area contributed by atoms with E-state index in [-0.39, 0.29) is 11.8 Å². The van der Waals surface area contributed by atoms with Crippen molar-refractivity contribution in [2.75, 3.05) is 6.54 Å². The van der Waals surface area contributed by atoms with Gasteiger partial charge in [0, 0.05) is 12.6 Å². The van der Waals surface area contributed by atoms with Gasteiger partial charge < -0.3 is 0 Å². The number of nitrogens with zero attached hydrogens (tertiary/aromatic N) is 1. The molecule has 2 rings (SSSR count). The van der Waals surface area contributed by atoms with E-state index in [9.17, 15) is 8.42 Å². The highest BCUT2D eigenvalue weighted by Crippen LogP contribution is 2.28. The molecule has 0 amide bonds. The highest BCUT2D eigenvalue weighted by atomic mass is 32.2. The number of hydrogen-bond acceptors (Lipinski definition) is 2. The highest BCUT2D eigenvalue weighted by Gasteiger charge is 2.35. The molecule has 1 unspecified atom stereocenters. The van der Waals surface area contributed by atoms with E-state index in [1.165, 1.54) is 0 Å². The monoisotopic (exact) mass is 267 g/mol. The summed E-state index contributed by atoms with van der Waals surface area (Å²) in [7, 11) is -3.17. The van der Waals surface area contributed by atoms with Crippen LogP contribution in [-0.2, 0) is 15.8 Å². The van der Waals surface area contributed by atoms with Crippen molar-refractivity contribution >= 4 is 10.0 Å². The van der Waals surface area contributed by atoms with Crippen LogP contribution in [-0.4, -0.2) is 25.3 Å². The van der Waals surface area contributed by atoms with Gasteiger partial charge in [-0.2, -0.15) is 4.31 Å². The van der Waals surface area contributed by atoms with Crippen LogP contribution in [0.4, 0.5) is 0 Å². The minimum absolute atomic E-state index is 0.122. The van der Waals surface area contributed by atoms with Crippen LogP contribution < -0.4 is 0 Å². The van der Waals surface area contributed by atoms with E-state index in [0.717, 1.165) is 18.4 Å². The van der Waals surface area contributed by atoms with Crippen molar-refractivity contribution in [2.45, 2.75) is 38.5 Å². The first-order valence-corrected chi connectivity index (χ1v) is 8.15. The van der Waals surface area contributed by atoms with Crippen LogP contribution in [0.3, 0.4) is 0 Å². The number of sulfonamides is 1. The smallest absolute Gasteiger partial charge is 0.212 e. The summed E-state index contributed by atoms with van der Waals surface area (Å²) in [6.07, 6.45) is 1.97. The molecular formula is C14H21NO2S. The Morgan fingerprint density at radius 2 is 1.94 bits per heavy atom. The topological polar surface area (TPSA) is 37.4 Å². The van der Waals surface area contributed by atoms with Gasteiger partial charge in [0.05, 0.1) is 5.75 Å². The van der Waals surface area contributed by atoms with E-state index in [1.54, 1.807) is 4.31 Å². The van der Waals surface area contributed by atoms with Gasteiger partial charge in [0.25, 0.3) is 0 Å². The van der Waals surface area contributed by atoms with E-state index in [4.69, 9.17) is 0 Å². The first-order chi connectivity index (χ1) is 8.50. The summed E-state index contributed by atoms with van der Waals surface area (Å²) < 4.78 is 26.6. The molecule has 1 aliphatic heterocycles. The maximum Gasteiger partial charge on any atom is 0.218 e. The Kier molecular flexibility index (Phi) is 4.07. The van der Waals surface area contributed by atoms with Crippen molar-refractivity contribution in [1.82, 2.24) is 4.31 Å². The fraction of sp³-hybridized carbons (Fsp3) is 0.571. The highest BCUT2D eigenvalue weighted by molar-refractivity contribution is 7.88. The van der Waals surface area contributed by atoms with Crippen molar-refractivity contribution in [3.05, 3.63) is 35.9 Å². The molecule has 1 saturated heterocycles. The zero-order valence-electron chi connectivity index (χ0n) is 11.0. The zero-order chi connectivity index (χ0) is 13.2. The molecular weight excluding hydrogens is 246 g/mol. The van der Waals surface area contributed by atoms with Gasteiger partial charge in [-0.1, -0.05) is 44.2 Å². The summed E-state index contributed by atoms with van der Waals surface area (Å²) in [6.45, 7) is 4.88. The number of benzene rings is 1. The predicted molar refractivity (Wildman–Crippen MR) is 73.6 cm³/mol. The van der Waals surface area contributed by atoms with E-state index in [0.29, 0.717) is 12.5 Å². The van der Waals surface area contributed by atoms with E-state index >= 15 is 0 Å². The lowest BCUT2D eigenvalue weighted by Crippen LogP contribution is -2.39. The summed E-state index contributed by atoms with van der Waals surface area (Å²) in [6, 6.07) is 9.60. The van der Waals surface area contributed by atoms with Gasteiger partial charge in [-0.15, -0.1) is 0 Å². The molecule has 1 aromatic carbocycles. The summed E-state index contributed by atoms with van der Waals surface area (Å²) >= 11 is 0. The van der Waals surface area contributed by atoms with Crippen LogP contribution in [0.2, 0.25) is 0 Å². The third kappa shape index (κ3) is 2.93. The Morgan fingerprint density at radius 3 is 2.56 bits per heavy atom. The maximum absolute atomic E-state index is 12.4. The summed E-state index contributed by atoms with van der Waals surface area (Å²) in [5.41, 5.74) is 0.868. The number of hydrogen-bond donors (Lipinski definition) is 0. The molecule has 1 aliphatic rings. The lowest BCUT2D eigenvalue weighted by atomic mass is 10.0. The molecule has 4 heteroatoms. The molecule has 100 valence electrons. The van der Waals surface area contributed by atoms with Gasteiger partial charge in [-0.3, -0.25) is 0 Å². The summed E-state index contributed by atoms with van der Waals surface area (Å²) in [4.78, 5) is 0. The van der Waals surface area contributed by atoms with Crippen molar-refractivity contribution in [1.29, 1.82) is 0 Å². The van der Waals surface area contributed by atoms with Crippen LogP contribution in [0.15, 0.2) is 30.3 Å². The third-order valence-electron chi connectivity index (χ3n) is 3.57. The molecule has 0 saturated carbocycles. The van der Waals surface area contributed by atoms with E-state index < -0.39 is 10.0 Å². The van der Waals surface area contributed by atoms with Gasteiger partial charge in [0.15, 0.2) is 0 Å². The summed E-state index contributed by atoms with van der Waals surface area (Å²) in [5.74, 6) is 0.509. The molecule has 0 spiro atoms. The van der Waals surface area contributed by atoms with Crippen molar-refractivity contribution in [2.24, 2.45) is 5.92 Å². The van der Waals surface area contributed by atoms with Crippen LogP contribution in [0.25, 0.3) is 0 Å². The van der Waals surface area contributed by atoms with Crippen LogP contribution in [0, 0.1) is 5.92 Å². The van der Waals surface area contributed by atoms with Crippen molar-refractivity contribution < 1.29 is 8.42 Å². The molecule has 0 aliphatic carbocycles. The third-order valence-corrected chi connectivity index (χ3v) is 5.43. The average Bonchev–Trinajstić information content (AvgIpc) is 2.79. The molecule has 1 heterocycles. The standard InChI is InChI=1S/C14H21NO2S/c1-12(2)14-9-6-10-15(14)18(16,17)11-13-7-4-3-5-8-13/h3-5,7-8,12,14H,6,9-11H2,1-2H3. The minimum Gasteiger partial charge on any atom is -0.212 e. The Labute approximate surface area is 110 Å². The van der Waals surface area contributed by atoms with Gasteiger partial charge in [0.2, 0.25) is 10.0 Å². The molecule has 1 fully saturated rings. The second-order valence-corrected chi connectivity index (χ2v) is 7.23. The largest absolute Gasteiger partial charge is 0.218 e. The Morgan fingerprint density at radius 1 is 1.28 bits per heavy atom. The molecule has 1 atom stereocenters. The van der Waals surface area contributed by atoms with Crippen LogP contribution in [0.1, 0.15) is 32.3 Å². The molecule has 1 aromatic rings. The molecule has 18 heavy (non-hydrogen) atoms. The molecule has 0 bridgehead atoms. The second-order valence-electron chi connectivity index (χ2n) is 5.31. The van der Waals surface area contributed by atoms with Crippen molar-refractivity contribution in [3.63, 3.8) is 0 Å². The molecule has 0 N–H and O–H groups in total. The maximum atomic E-state index is 12.4. The Hall–Kier alpha value is -0.870. The first kappa shape index (κ1) is 13.6. The SMILES string of the molecule is CC(C)C1CCCN1S(=O)(=O)Cc1ccccc1. The quantitative estimate of drug-likeness (QED) is 0.841. The predicted octanol–water partition coefficient (Wildman–Crippen LogP) is 2.64. The lowest BCUT2D eigenvalue weighted by molar-refractivity contribution is 0.315. The minimum atomic E-state index is -3.17. The van der Waals surface area contributed by atoms with E-state index in [2.05, 4.69) is 13.8 Å². The molecule has 3 nitrogen and oxygen atoms in total. The van der Waals surface area contributed by atoms with Crippen LogP contribution in [0.5, 0.6) is 0 Å². The fourth-order valence-electron chi connectivity index (χ4n) is 2.65. The van der Waals surface area contributed by atoms with E-state index in [1.807, 2.05) is 30.3 Å². The second kappa shape index (κ2) is 5.41. The first-order valence-electron chi connectivity index (χ1n) is 6.54. The zero-order valence-corrected chi connectivity index (χ0v) is 11.9. The van der Waals surface area contributed by atoms with Crippen molar-refractivity contribution in [3.8, 4) is 0 Å².